The van der Waals surface area contributed by atoms with Gasteiger partial charge in [-0.1, -0.05) is 19.1 Å². The minimum absolute atomic E-state index is 0.0849. The van der Waals surface area contributed by atoms with E-state index in [1.54, 1.807) is 12.5 Å². The lowest BCUT2D eigenvalue weighted by atomic mass is 10.1. The zero-order chi connectivity index (χ0) is 19.3. The molecule has 3 aromatic rings. The molecule has 1 saturated heterocycles. The standard InChI is InChI=1S/C20H23N7O/c1-2-16-13-19(22-14-21-16)26-8-10-27(11-9-26)20(28)24-17-5-3-4-15(12-17)18-6-7-23-25-18/h3-7,12-14H,2,8-11H2,1H3,(H,23,25)(H,24,28). The number of rotatable bonds is 4. The predicted octanol–water partition coefficient (Wildman–Crippen LogP) is 2.78. The van der Waals surface area contributed by atoms with E-state index in [4.69, 9.17) is 0 Å². The van der Waals surface area contributed by atoms with Crippen molar-refractivity contribution in [1.82, 2.24) is 25.1 Å². The highest BCUT2D eigenvalue weighted by Crippen LogP contribution is 2.21. The van der Waals surface area contributed by atoms with Crippen LogP contribution in [0.4, 0.5) is 16.3 Å². The van der Waals surface area contributed by atoms with E-state index in [0.717, 1.165) is 48.0 Å². The summed E-state index contributed by atoms with van der Waals surface area (Å²) >= 11 is 0. The lowest BCUT2D eigenvalue weighted by molar-refractivity contribution is 0.208. The van der Waals surface area contributed by atoms with Gasteiger partial charge in [-0.25, -0.2) is 14.8 Å². The number of carbonyl (C=O) groups is 1. The topological polar surface area (TPSA) is 90.0 Å². The second-order valence-electron chi connectivity index (χ2n) is 6.68. The second kappa shape index (κ2) is 8.08. The molecule has 1 aromatic carbocycles. The van der Waals surface area contributed by atoms with Gasteiger partial charge in [0.05, 0.1) is 5.69 Å². The zero-order valence-electron chi connectivity index (χ0n) is 15.8. The Hall–Kier alpha value is -3.42. The number of carbonyl (C=O) groups excluding carboxylic acids is 1. The first-order valence-corrected chi connectivity index (χ1v) is 9.44. The number of aromatic amines is 1. The third-order valence-corrected chi connectivity index (χ3v) is 4.89. The summed E-state index contributed by atoms with van der Waals surface area (Å²) in [6.45, 7) is 4.88. The van der Waals surface area contributed by atoms with Crippen LogP contribution >= 0.6 is 0 Å². The number of hydrogen-bond acceptors (Lipinski definition) is 5. The molecule has 8 nitrogen and oxygen atoms in total. The monoisotopic (exact) mass is 377 g/mol. The van der Waals surface area contributed by atoms with Crippen LogP contribution in [-0.4, -0.2) is 57.3 Å². The van der Waals surface area contributed by atoms with Crippen molar-refractivity contribution in [1.29, 1.82) is 0 Å². The second-order valence-corrected chi connectivity index (χ2v) is 6.68. The van der Waals surface area contributed by atoms with Gasteiger partial charge >= 0.3 is 6.03 Å². The maximum absolute atomic E-state index is 12.7. The van der Waals surface area contributed by atoms with E-state index in [9.17, 15) is 4.79 Å². The van der Waals surface area contributed by atoms with Gasteiger partial charge in [0, 0.05) is 55.4 Å². The molecule has 2 N–H and O–H groups in total. The summed E-state index contributed by atoms with van der Waals surface area (Å²) in [5.74, 6) is 0.930. The number of anilines is 2. The van der Waals surface area contributed by atoms with Gasteiger partial charge in [0.1, 0.15) is 12.1 Å². The largest absolute Gasteiger partial charge is 0.353 e. The number of aryl methyl sites for hydroxylation is 1. The van der Waals surface area contributed by atoms with Crippen molar-refractivity contribution in [2.24, 2.45) is 0 Å². The van der Waals surface area contributed by atoms with Gasteiger partial charge in [-0.05, 0) is 24.6 Å². The smallest absolute Gasteiger partial charge is 0.321 e. The minimum atomic E-state index is -0.0849. The molecule has 0 atom stereocenters. The Kier molecular flexibility index (Phi) is 5.18. The van der Waals surface area contributed by atoms with Crippen molar-refractivity contribution in [2.45, 2.75) is 13.3 Å². The molecule has 8 heteroatoms. The van der Waals surface area contributed by atoms with Crippen molar-refractivity contribution >= 4 is 17.5 Å². The SMILES string of the molecule is CCc1cc(N2CCN(C(=O)Nc3cccc(-c4ccn[nH]4)c3)CC2)ncn1. The first-order chi connectivity index (χ1) is 13.7. The summed E-state index contributed by atoms with van der Waals surface area (Å²) in [5.41, 5.74) is 3.70. The highest BCUT2D eigenvalue weighted by Gasteiger charge is 2.22. The van der Waals surface area contributed by atoms with Gasteiger partial charge < -0.3 is 15.1 Å². The van der Waals surface area contributed by atoms with E-state index in [1.165, 1.54) is 0 Å². The Labute approximate surface area is 163 Å². The number of nitrogens with zero attached hydrogens (tertiary/aromatic N) is 5. The molecule has 0 unspecified atom stereocenters. The summed E-state index contributed by atoms with van der Waals surface area (Å²) in [7, 11) is 0. The van der Waals surface area contributed by atoms with Crippen molar-refractivity contribution in [3.63, 3.8) is 0 Å². The summed E-state index contributed by atoms with van der Waals surface area (Å²) < 4.78 is 0. The molecule has 2 aromatic heterocycles. The van der Waals surface area contributed by atoms with E-state index < -0.39 is 0 Å². The van der Waals surface area contributed by atoms with Crippen LogP contribution in [0.5, 0.6) is 0 Å². The number of benzene rings is 1. The summed E-state index contributed by atoms with van der Waals surface area (Å²) in [6, 6.07) is 11.6. The number of piperazine rings is 1. The Morgan fingerprint density at radius 1 is 1.14 bits per heavy atom. The molecule has 144 valence electrons. The fraction of sp³-hybridized carbons (Fsp3) is 0.300. The molecule has 3 heterocycles. The molecule has 2 amide bonds. The molecule has 1 aliphatic heterocycles. The Morgan fingerprint density at radius 2 is 2.00 bits per heavy atom. The van der Waals surface area contributed by atoms with Crippen molar-refractivity contribution in [3.8, 4) is 11.3 Å². The molecule has 0 radical (unpaired) electrons. The first-order valence-electron chi connectivity index (χ1n) is 9.44. The van der Waals surface area contributed by atoms with Gasteiger partial charge in [0.15, 0.2) is 0 Å². The normalized spacial score (nSPS) is 14.2. The molecule has 4 rings (SSSR count). The van der Waals surface area contributed by atoms with Crippen LogP contribution in [0.3, 0.4) is 0 Å². The fourth-order valence-electron chi connectivity index (χ4n) is 3.27. The van der Waals surface area contributed by atoms with E-state index in [-0.39, 0.29) is 6.03 Å². The van der Waals surface area contributed by atoms with Crippen LogP contribution in [-0.2, 0) is 6.42 Å². The average molecular weight is 377 g/mol. The van der Waals surface area contributed by atoms with E-state index in [0.29, 0.717) is 13.1 Å². The lowest BCUT2D eigenvalue weighted by Crippen LogP contribution is -2.50. The van der Waals surface area contributed by atoms with Crippen molar-refractivity contribution in [2.75, 3.05) is 36.4 Å². The van der Waals surface area contributed by atoms with E-state index in [1.807, 2.05) is 41.3 Å². The molecular formula is C20H23N7O. The number of H-pyrrole nitrogens is 1. The average Bonchev–Trinajstić information content (AvgIpc) is 3.29. The molecular weight excluding hydrogens is 354 g/mol. The van der Waals surface area contributed by atoms with Gasteiger partial charge in [-0.3, -0.25) is 5.10 Å². The van der Waals surface area contributed by atoms with E-state index >= 15 is 0 Å². The molecule has 28 heavy (non-hydrogen) atoms. The molecule has 1 fully saturated rings. The maximum atomic E-state index is 12.7. The molecule has 1 aliphatic rings. The third-order valence-electron chi connectivity index (χ3n) is 4.89. The molecule has 0 aliphatic carbocycles. The van der Waals surface area contributed by atoms with E-state index in [2.05, 4.69) is 37.3 Å². The van der Waals surface area contributed by atoms with Crippen LogP contribution in [0, 0.1) is 0 Å². The Morgan fingerprint density at radius 3 is 2.75 bits per heavy atom. The van der Waals surface area contributed by atoms with Crippen LogP contribution in [0.1, 0.15) is 12.6 Å². The lowest BCUT2D eigenvalue weighted by Gasteiger charge is -2.35. The predicted molar refractivity (Wildman–Crippen MR) is 108 cm³/mol. The summed E-state index contributed by atoms with van der Waals surface area (Å²) in [6.07, 6.45) is 4.20. The number of amides is 2. The number of urea groups is 1. The molecule has 0 spiro atoms. The van der Waals surface area contributed by atoms with Crippen LogP contribution < -0.4 is 10.2 Å². The Balaban J connectivity index is 1.36. The first kappa shape index (κ1) is 18.0. The van der Waals surface area contributed by atoms with Crippen LogP contribution in [0.15, 0.2) is 48.9 Å². The number of hydrogen-bond donors (Lipinski definition) is 2. The van der Waals surface area contributed by atoms with Crippen molar-refractivity contribution < 1.29 is 4.79 Å². The zero-order valence-corrected chi connectivity index (χ0v) is 15.8. The van der Waals surface area contributed by atoms with Gasteiger partial charge in [0.25, 0.3) is 0 Å². The van der Waals surface area contributed by atoms with Gasteiger partial charge in [0.2, 0.25) is 0 Å². The van der Waals surface area contributed by atoms with Crippen LogP contribution in [0.25, 0.3) is 11.3 Å². The maximum Gasteiger partial charge on any atom is 0.321 e. The summed E-state index contributed by atoms with van der Waals surface area (Å²) in [4.78, 5) is 25.3. The van der Waals surface area contributed by atoms with Gasteiger partial charge in [-0.15, -0.1) is 0 Å². The Bertz CT molecular complexity index is 933. The summed E-state index contributed by atoms with van der Waals surface area (Å²) in [5, 5.41) is 9.90. The minimum Gasteiger partial charge on any atom is -0.353 e. The van der Waals surface area contributed by atoms with Gasteiger partial charge in [-0.2, -0.15) is 5.10 Å². The third kappa shape index (κ3) is 3.95. The highest BCUT2D eigenvalue weighted by atomic mass is 16.2. The number of nitrogens with one attached hydrogen (secondary N) is 2. The fourth-order valence-corrected chi connectivity index (χ4v) is 3.27. The van der Waals surface area contributed by atoms with Crippen LogP contribution in [0.2, 0.25) is 0 Å². The quantitative estimate of drug-likeness (QED) is 0.730. The molecule has 0 saturated carbocycles. The number of aromatic nitrogens is 4. The highest BCUT2D eigenvalue weighted by molar-refractivity contribution is 5.90. The molecule has 0 bridgehead atoms. The van der Waals surface area contributed by atoms with Crippen molar-refractivity contribution in [3.05, 3.63) is 54.6 Å².